The van der Waals surface area contributed by atoms with Gasteiger partial charge in [-0.25, -0.2) is 21.6 Å². The lowest BCUT2D eigenvalue weighted by Crippen LogP contribution is -2.34. The molecule has 0 aromatic heterocycles. The summed E-state index contributed by atoms with van der Waals surface area (Å²) in [5.41, 5.74) is 0. The van der Waals surface area contributed by atoms with E-state index in [-0.39, 0.29) is 0 Å². The first-order valence-corrected chi connectivity index (χ1v) is 10.3. The predicted molar refractivity (Wildman–Crippen MR) is 71.3 cm³/mol. The molecule has 0 amide bonds. The van der Waals surface area contributed by atoms with E-state index in [2.05, 4.69) is 20.7 Å². The molecular weight excluding hydrogens is 330 g/mol. The fourth-order valence-electron chi connectivity index (χ4n) is 2.14. The molecule has 1 aliphatic rings. The maximum atomic E-state index is 11.5. The smallest absolute Gasteiger partial charge is 0.226 e. The van der Waals surface area contributed by atoms with Crippen LogP contribution in [-0.4, -0.2) is 40.1 Å². The molecule has 2 unspecified atom stereocenters. The average Bonchev–Trinajstić information content (AvgIpc) is 2.58. The fraction of sp³-hybridized carbons (Fsp3) is 1.00. The van der Waals surface area contributed by atoms with Gasteiger partial charge >= 0.3 is 0 Å². The van der Waals surface area contributed by atoms with Crippen molar-refractivity contribution in [2.45, 2.75) is 19.3 Å². The van der Waals surface area contributed by atoms with E-state index in [1.165, 1.54) is 0 Å². The Labute approximate surface area is 111 Å². The third-order valence-corrected chi connectivity index (χ3v) is 7.34. The summed E-state index contributed by atoms with van der Waals surface area (Å²) in [4.78, 5) is 0. The van der Waals surface area contributed by atoms with Crippen LogP contribution in [0.1, 0.15) is 19.3 Å². The van der Waals surface area contributed by atoms with E-state index in [0.717, 1.165) is 30.8 Å². The molecule has 0 aliphatic heterocycles. The summed E-state index contributed by atoms with van der Waals surface area (Å²) in [6.45, 7) is 0.341. The van der Waals surface area contributed by atoms with Gasteiger partial charge in [0.25, 0.3) is 0 Å². The van der Waals surface area contributed by atoms with E-state index in [4.69, 9.17) is 0 Å². The summed E-state index contributed by atoms with van der Waals surface area (Å²) in [7, 11) is -7.22. The van der Waals surface area contributed by atoms with E-state index < -0.39 is 24.9 Å². The Morgan fingerprint density at radius 1 is 1.18 bits per heavy atom. The highest BCUT2D eigenvalue weighted by Crippen LogP contribution is 2.32. The molecule has 1 fully saturated rings. The van der Waals surface area contributed by atoms with Crippen LogP contribution < -0.4 is 4.72 Å². The summed E-state index contributed by atoms with van der Waals surface area (Å²) >= 11 is 3.41. The Bertz CT molecular complexity index is 446. The van der Waals surface area contributed by atoms with E-state index in [1.54, 1.807) is 0 Å². The summed E-state index contributed by atoms with van der Waals surface area (Å²) < 4.78 is 47.3. The monoisotopic (exact) mass is 347 g/mol. The predicted octanol–water partition coefficient (Wildman–Crippen LogP) is 0.719. The van der Waals surface area contributed by atoms with E-state index in [1.807, 2.05) is 0 Å². The molecule has 0 radical (unpaired) electrons. The molecule has 0 spiro atoms. The molecule has 0 heterocycles. The first-order chi connectivity index (χ1) is 7.73. The molecule has 1 saturated carbocycles. The molecule has 2 atom stereocenters. The third kappa shape index (κ3) is 5.67. The van der Waals surface area contributed by atoms with Crippen LogP contribution >= 0.6 is 15.9 Å². The van der Waals surface area contributed by atoms with Crippen molar-refractivity contribution in [3.63, 3.8) is 0 Å². The minimum absolute atomic E-state index is 0.309. The molecule has 1 rings (SSSR count). The largest absolute Gasteiger partial charge is 0.228 e. The molecule has 0 aromatic carbocycles. The second-order valence-corrected chi connectivity index (χ2v) is 9.57. The van der Waals surface area contributed by atoms with Crippen LogP contribution in [0.2, 0.25) is 0 Å². The van der Waals surface area contributed by atoms with Crippen molar-refractivity contribution in [3.8, 4) is 0 Å². The van der Waals surface area contributed by atoms with Crippen molar-refractivity contribution in [2.24, 2.45) is 11.8 Å². The van der Waals surface area contributed by atoms with Gasteiger partial charge in [-0.15, -0.1) is 0 Å². The van der Waals surface area contributed by atoms with Crippen LogP contribution in [0.15, 0.2) is 0 Å². The summed E-state index contributed by atoms with van der Waals surface area (Å²) in [5, 5.41) is 0.0389. The van der Waals surface area contributed by atoms with Crippen LogP contribution in [0.25, 0.3) is 0 Å². The van der Waals surface area contributed by atoms with Gasteiger partial charge in [0, 0.05) is 18.1 Å². The molecule has 0 bridgehead atoms. The van der Waals surface area contributed by atoms with Crippen LogP contribution in [0.4, 0.5) is 0 Å². The lowest BCUT2D eigenvalue weighted by atomic mass is 9.99. The van der Waals surface area contributed by atoms with Crippen LogP contribution in [0.3, 0.4) is 0 Å². The molecular formula is C9H18BrNO4S2. The second kappa shape index (κ2) is 5.99. The Morgan fingerprint density at radius 2 is 1.76 bits per heavy atom. The Hall–Kier alpha value is 0.340. The van der Waals surface area contributed by atoms with Crippen molar-refractivity contribution in [1.82, 2.24) is 4.72 Å². The molecule has 5 nitrogen and oxygen atoms in total. The Kier molecular flexibility index (Phi) is 5.42. The van der Waals surface area contributed by atoms with Crippen LogP contribution in [0.5, 0.6) is 0 Å². The Morgan fingerprint density at radius 3 is 2.29 bits per heavy atom. The van der Waals surface area contributed by atoms with Crippen molar-refractivity contribution >= 4 is 35.8 Å². The lowest BCUT2D eigenvalue weighted by Gasteiger charge is -2.17. The maximum absolute atomic E-state index is 11.5. The lowest BCUT2D eigenvalue weighted by molar-refractivity contribution is 0.422. The second-order valence-electron chi connectivity index (χ2n) is 4.61. The van der Waals surface area contributed by atoms with E-state index in [9.17, 15) is 16.8 Å². The van der Waals surface area contributed by atoms with Crippen molar-refractivity contribution in [3.05, 3.63) is 0 Å². The standard InChI is InChI=1S/C9H18BrNO4S2/c1-16(12,13)7-17(14,15)11-6-9-4-2-3-8(9)5-10/h8-9,11H,2-7H2,1H3. The number of sulfonamides is 1. The zero-order valence-electron chi connectivity index (χ0n) is 9.72. The number of nitrogens with one attached hydrogen (secondary N) is 1. The van der Waals surface area contributed by atoms with Gasteiger partial charge in [0.05, 0.1) is 0 Å². The van der Waals surface area contributed by atoms with Crippen molar-refractivity contribution in [1.29, 1.82) is 0 Å². The van der Waals surface area contributed by atoms with Crippen LogP contribution in [0, 0.1) is 11.8 Å². The summed E-state index contributed by atoms with van der Waals surface area (Å²) in [6.07, 6.45) is 4.12. The highest BCUT2D eigenvalue weighted by atomic mass is 79.9. The number of hydrogen-bond acceptors (Lipinski definition) is 4. The Balaban J connectivity index is 2.50. The molecule has 17 heavy (non-hydrogen) atoms. The average molecular weight is 348 g/mol. The normalized spacial score (nSPS) is 26.2. The van der Waals surface area contributed by atoms with Gasteiger partial charge in [-0.3, -0.25) is 0 Å². The van der Waals surface area contributed by atoms with Gasteiger partial charge in [0.2, 0.25) is 10.0 Å². The molecule has 1 aliphatic carbocycles. The molecule has 0 saturated heterocycles. The van der Waals surface area contributed by atoms with Gasteiger partial charge in [-0.1, -0.05) is 22.4 Å². The van der Waals surface area contributed by atoms with Gasteiger partial charge in [-0.2, -0.15) is 0 Å². The molecule has 0 aromatic rings. The number of hydrogen-bond donors (Lipinski definition) is 1. The first kappa shape index (κ1) is 15.4. The minimum atomic E-state index is -3.71. The quantitative estimate of drug-likeness (QED) is 0.718. The van der Waals surface area contributed by atoms with E-state index >= 15 is 0 Å². The highest BCUT2D eigenvalue weighted by molar-refractivity contribution is 9.09. The summed E-state index contributed by atoms with van der Waals surface area (Å²) in [6, 6.07) is 0. The number of rotatable bonds is 6. The third-order valence-electron chi connectivity index (χ3n) is 2.95. The fourth-order valence-corrected chi connectivity index (χ4v) is 6.05. The van der Waals surface area contributed by atoms with Crippen LogP contribution in [-0.2, 0) is 19.9 Å². The summed E-state index contributed by atoms with van der Waals surface area (Å²) in [5.74, 6) is 0.791. The first-order valence-electron chi connectivity index (χ1n) is 5.44. The van der Waals surface area contributed by atoms with Crippen molar-refractivity contribution < 1.29 is 16.8 Å². The molecule has 102 valence electrons. The highest BCUT2D eigenvalue weighted by Gasteiger charge is 2.28. The van der Waals surface area contributed by atoms with Gasteiger partial charge in [-0.05, 0) is 24.7 Å². The van der Waals surface area contributed by atoms with E-state index in [0.29, 0.717) is 18.4 Å². The topological polar surface area (TPSA) is 80.3 Å². The molecule has 8 heteroatoms. The maximum Gasteiger partial charge on any atom is 0.226 e. The van der Waals surface area contributed by atoms with Crippen molar-refractivity contribution in [2.75, 3.05) is 23.2 Å². The number of halogens is 1. The number of alkyl halides is 1. The number of sulfone groups is 1. The SMILES string of the molecule is CS(=O)(=O)CS(=O)(=O)NCC1CCCC1CBr. The van der Waals surface area contributed by atoms with Gasteiger partial charge in [0.15, 0.2) is 14.9 Å². The van der Waals surface area contributed by atoms with Gasteiger partial charge in [0.1, 0.15) is 0 Å². The zero-order valence-corrected chi connectivity index (χ0v) is 12.9. The zero-order chi connectivity index (χ0) is 13.1. The molecule has 1 N–H and O–H groups in total. The minimum Gasteiger partial charge on any atom is -0.228 e. The van der Waals surface area contributed by atoms with Gasteiger partial charge < -0.3 is 0 Å².